The molecular weight excluding hydrogens is 483 g/mol. The van der Waals surface area contributed by atoms with Crippen molar-refractivity contribution in [3.05, 3.63) is 77.1 Å². The smallest absolute Gasteiger partial charge is 0.246 e. The van der Waals surface area contributed by atoms with Gasteiger partial charge in [-0.3, -0.25) is 4.79 Å². The van der Waals surface area contributed by atoms with Crippen molar-refractivity contribution in [3.8, 4) is 17.0 Å². The number of benzene rings is 2. The van der Waals surface area contributed by atoms with E-state index in [1.165, 1.54) is 12.1 Å². The highest BCUT2D eigenvalue weighted by Gasteiger charge is 2.31. The number of nitrogens with one attached hydrogen (secondary N) is 1. The molecule has 10 heteroatoms. The van der Waals surface area contributed by atoms with Crippen molar-refractivity contribution in [1.82, 2.24) is 14.7 Å². The number of aromatic nitrogens is 2. The number of fused-ring (bicyclic) bond motifs is 1. The molecule has 2 aliphatic rings. The molecule has 2 aliphatic heterocycles. The second-order valence-corrected chi connectivity index (χ2v) is 9.11. The van der Waals surface area contributed by atoms with Crippen LogP contribution in [0.4, 0.5) is 10.2 Å². The SMILES string of the molecule is C=CC(=O)N1CCC[C@@H](n2nc(-c3ccc(OCc4ccccc4F)c(Cl)c3)c3c2NCN=C3N)C1. The first kappa shape index (κ1) is 23.9. The largest absolute Gasteiger partial charge is 0.487 e. The summed E-state index contributed by atoms with van der Waals surface area (Å²) in [4.78, 5) is 18.3. The number of aliphatic imine (C=N–C) groups is 1. The van der Waals surface area contributed by atoms with Crippen LogP contribution in [0.5, 0.6) is 5.75 Å². The monoisotopic (exact) mass is 508 g/mol. The van der Waals surface area contributed by atoms with Gasteiger partial charge in [0.2, 0.25) is 5.91 Å². The molecule has 1 atom stereocenters. The zero-order valence-electron chi connectivity index (χ0n) is 19.6. The molecule has 0 unspecified atom stereocenters. The van der Waals surface area contributed by atoms with E-state index < -0.39 is 0 Å². The molecule has 0 aliphatic carbocycles. The Morgan fingerprint density at radius 1 is 1.33 bits per heavy atom. The molecule has 0 spiro atoms. The van der Waals surface area contributed by atoms with Crippen molar-refractivity contribution in [1.29, 1.82) is 0 Å². The average molecular weight is 509 g/mol. The molecule has 0 saturated carbocycles. The van der Waals surface area contributed by atoms with E-state index >= 15 is 0 Å². The van der Waals surface area contributed by atoms with Crippen LogP contribution in [0.3, 0.4) is 0 Å². The van der Waals surface area contributed by atoms with Crippen LogP contribution < -0.4 is 15.8 Å². The number of nitrogens with two attached hydrogens (primary N) is 1. The highest BCUT2D eigenvalue weighted by molar-refractivity contribution is 6.32. The minimum atomic E-state index is -0.333. The fourth-order valence-corrected chi connectivity index (χ4v) is 4.85. The van der Waals surface area contributed by atoms with Crippen LogP contribution in [0.25, 0.3) is 11.3 Å². The Labute approximate surface area is 213 Å². The predicted octanol–water partition coefficient (Wildman–Crippen LogP) is 4.36. The fourth-order valence-electron chi connectivity index (χ4n) is 4.61. The quantitative estimate of drug-likeness (QED) is 0.482. The van der Waals surface area contributed by atoms with Crippen LogP contribution in [0, 0.1) is 5.82 Å². The van der Waals surface area contributed by atoms with Gasteiger partial charge in [0.25, 0.3) is 0 Å². The number of ether oxygens (including phenoxy) is 1. The van der Waals surface area contributed by atoms with Gasteiger partial charge >= 0.3 is 0 Å². The van der Waals surface area contributed by atoms with Gasteiger partial charge in [-0.2, -0.15) is 5.10 Å². The van der Waals surface area contributed by atoms with Crippen LogP contribution in [-0.2, 0) is 11.4 Å². The maximum Gasteiger partial charge on any atom is 0.246 e. The van der Waals surface area contributed by atoms with E-state index in [2.05, 4.69) is 16.9 Å². The van der Waals surface area contributed by atoms with E-state index in [0.29, 0.717) is 53.2 Å². The molecule has 1 fully saturated rings. The second-order valence-electron chi connectivity index (χ2n) is 8.70. The molecule has 186 valence electrons. The zero-order valence-corrected chi connectivity index (χ0v) is 20.3. The Morgan fingerprint density at radius 3 is 2.94 bits per heavy atom. The van der Waals surface area contributed by atoms with Crippen molar-refractivity contribution < 1.29 is 13.9 Å². The summed E-state index contributed by atoms with van der Waals surface area (Å²) in [5, 5.41) is 8.57. The van der Waals surface area contributed by atoms with E-state index in [-0.39, 0.29) is 24.4 Å². The Balaban J connectivity index is 1.45. The fraction of sp³-hybridized carbons (Fsp3) is 0.269. The number of carbonyl (C=O) groups excluding carboxylic acids is 1. The summed E-state index contributed by atoms with van der Waals surface area (Å²) < 4.78 is 21.6. The Kier molecular flexibility index (Phi) is 6.65. The number of rotatable bonds is 6. The number of anilines is 1. The Morgan fingerprint density at radius 2 is 2.17 bits per heavy atom. The number of nitrogens with zero attached hydrogens (tertiary/aromatic N) is 4. The van der Waals surface area contributed by atoms with Gasteiger partial charge in [0.05, 0.1) is 16.6 Å². The Hall–Kier alpha value is -3.85. The molecule has 3 aromatic rings. The van der Waals surface area contributed by atoms with Crippen molar-refractivity contribution in [2.24, 2.45) is 10.7 Å². The van der Waals surface area contributed by atoms with Crippen molar-refractivity contribution in [3.63, 3.8) is 0 Å². The first-order valence-corrected chi connectivity index (χ1v) is 12.1. The first-order chi connectivity index (χ1) is 17.5. The third-order valence-corrected chi connectivity index (χ3v) is 6.73. The maximum absolute atomic E-state index is 13.9. The molecule has 8 nitrogen and oxygen atoms in total. The van der Waals surface area contributed by atoms with Gasteiger partial charge < -0.3 is 20.7 Å². The normalized spacial score (nSPS) is 17.1. The minimum Gasteiger partial charge on any atom is -0.487 e. The molecule has 1 saturated heterocycles. The summed E-state index contributed by atoms with van der Waals surface area (Å²) in [5.41, 5.74) is 8.82. The summed E-state index contributed by atoms with van der Waals surface area (Å²) in [6.07, 6.45) is 3.07. The summed E-state index contributed by atoms with van der Waals surface area (Å²) in [7, 11) is 0. The lowest BCUT2D eigenvalue weighted by atomic mass is 10.0. The molecule has 5 rings (SSSR count). The van der Waals surface area contributed by atoms with Crippen LogP contribution in [0.2, 0.25) is 5.02 Å². The van der Waals surface area contributed by atoms with Crippen molar-refractivity contribution in [2.75, 3.05) is 25.1 Å². The second kappa shape index (κ2) is 10.0. The zero-order chi connectivity index (χ0) is 25.2. The number of hydrogen-bond acceptors (Lipinski definition) is 6. The van der Waals surface area contributed by atoms with E-state index in [0.717, 1.165) is 24.2 Å². The first-order valence-electron chi connectivity index (χ1n) is 11.7. The molecule has 1 aromatic heterocycles. The summed E-state index contributed by atoms with van der Waals surface area (Å²) in [6, 6.07) is 11.7. The number of amides is 1. The van der Waals surface area contributed by atoms with Gasteiger partial charge in [0.1, 0.15) is 42.2 Å². The number of likely N-dealkylation sites (tertiary alicyclic amines) is 1. The Bertz CT molecular complexity index is 1350. The highest BCUT2D eigenvalue weighted by Crippen LogP contribution is 2.37. The van der Waals surface area contributed by atoms with Gasteiger partial charge in [0.15, 0.2) is 0 Å². The lowest BCUT2D eigenvalue weighted by molar-refractivity contribution is -0.127. The topological polar surface area (TPSA) is 97.8 Å². The highest BCUT2D eigenvalue weighted by atomic mass is 35.5. The third kappa shape index (κ3) is 4.54. The number of piperidine rings is 1. The molecule has 36 heavy (non-hydrogen) atoms. The van der Waals surface area contributed by atoms with Crippen molar-refractivity contribution >= 4 is 29.2 Å². The summed E-state index contributed by atoms with van der Waals surface area (Å²) in [6.45, 7) is 5.23. The molecular formula is C26H26ClFN6O2. The van der Waals surface area contributed by atoms with E-state index in [1.807, 2.05) is 10.7 Å². The number of halogens is 2. The van der Waals surface area contributed by atoms with Crippen LogP contribution in [0.1, 0.15) is 30.0 Å². The summed E-state index contributed by atoms with van der Waals surface area (Å²) >= 11 is 6.55. The number of amidine groups is 1. The molecule has 3 heterocycles. The van der Waals surface area contributed by atoms with Crippen molar-refractivity contribution in [2.45, 2.75) is 25.5 Å². The molecule has 0 bridgehead atoms. The summed E-state index contributed by atoms with van der Waals surface area (Å²) in [5.74, 6) is 1.17. The van der Waals surface area contributed by atoms with Gasteiger partial charge in [-0.05, 0) is 43.2 Å². The predicted molar refractivity (Wildman–Crippen MR) is 138 cm³/mol. The van der Waals surface area contributed by atoms with Crippen LogP contribution >= 0.6 is 11.6 Å². The molecule has 2 aromatic carbocycles. The molecule has 1 amide bonds. The van der Waals surface area contributed by atoms with Gasteiger partial charge in [-0.1, -0.05) is 36.4 Å². The van der Waals surface area contributed by atoms with E-state index in [1.54, 1.807) is 35.2 Å². The van der Waals surface area contributed by atoms with Gasteiger partial charge in [-0.15, -0.1) is 0 Å². The number of hydrogen-bond donors (Lipinski definition) is 2. The van der Waals surface area contributed by atoms with E-state index in [4.69, 9.17) is 27.2 Å². The number of carbonyl (C=O) groups is 1. The van der Waals surface area contributed by atoms with Gasteiger partial charge in [0, 0.05) is 24.2 Å². The minimum absolute atomic E-state index is 0.0256. The average Bonchev–Trinajstić information content (AvgIpc) is 3.29. The van der Waals surface area contributed by atoms with Crippen LogP contribution in [0.15, 0.2) is 60.1 Å². The molecule has 3 N–H and O–H groups in total. The standard InChI is InChI=1S/C26H26ClFN6O2/c1-2-22(35)33-11-5-7-18(13-33)34-26-23(25(29)30-15-31-26)24(32-34)16-9-10-21(19(27)12-16)36-14-17-6-3-4-8-20(17)28/h2-4,6,8-10,12,18,31H,1,5,7,11,13-15H2,(H2,29,30)/t18-/m1/s1. The maximum atomic E-state index is 13.9. The molecule has 0 radical (unpaired) electrons. The third-order valence-electron chi connectivity index (χ3n) is 6.44. The van der Waals surface area contributed by atoms with Crippen LogP contribution in [-0.4, -0.2) is 46.2 Å². The lowest BCUT2D eigenvalue weighted by Crippen LogP contribution is -2.40. The lowest BCUT2D eigenvalue weighted by Gasteiger charge is -2.33. The van der Waals surface area contributed by atoms with Gasteiger partial charge in [-0.25, -0.2) is 14.1 Å². The van der Waals surface area contributed by atoms with E-state index in [9.17, 15) is 9.18 Å².